The van der Waals surface area contributed by atoms with Crippen LogP contribution in [0.25, 0.3) is 0 Å². The lowest BCUT2D eigenvalue weighted by Gasteiger charge is -2.31. The van der Waals surface area contributed by atoms with Crippen LogP contribution >= 0.6 is 15.9 Å². The molecule has 2 unspecified atom stereocenters. The molecule has 142 valence electrons. The molecule has 0 aromatic heterocycles. The summed E-state index contributed by atoms with van der Waals surface area (Å²) >= 11 is 3.38. The normalized spacial score (nSPS) is 30.3. The number of hydrogen-bond donors (Lipinski definition) is 1. The fourth-order valence-electron chi connectivity index (χ4n) is 5.00. The SMILES string of the molecule is N#CC1=C(N)C2(C#N)C(=O)N(C3CCCCC3)C(=O)C2[C@@H]1c1ccc(Br)cc1. The van der Waals surface area contributed by atoms with Gasteiger partial charge in [-0.15, -0.1) is 0 Å². The summed E-state index contributed by atoms with van der Waals surface area (Å²) in [4.78, 5) is 28.2. The van der Waals surface area contributed by atoms with Crippen LogP contribution in [0.15, 0.2) is 40.0 Å². The van der Waals surface area contributed by atoms with E-state index in [1.807, 2.05) is 12.1 Å². The number of benzene rings is 1. The highest BCUT2D eigenvalue weighted by Crippen LogP contribution is 2.58. The van der Waals surface area contributed by atoms with Crippen molar-refractivity contribution in [3.05, 3.63) is 45.6 Å². The number of carbonyl (C=O) groups excluding carboxylic acids is 2. The van der Waals surface area contributed by atoms with Gasteiger partial charge in [0, 0.05) is 16.4 Å². The summed E-state index contributed by atoms with van der Waals surface area (Å²) in [5, 5.41) is 19.8. The number of halogens is 1. The third kappa shape index (κ3) is 2.36. The zero-order valence-electron chi connectivity index (χ0n) is 15.2. The first-order valence-corrected chi connectivity index (χ1v) is 10.2. The Bertz CT molecular complexity index is 966. The number of carbonyl (C=O) groups is 2. The quantitative estimate of drug-likeness (QED) is 0.712. The van der Waals surface area contributed by atoms with Gasteiger partial charge in [0.2, 0.25) is 5.91 Å². The highest BCUT2D eigenvalue weighted by Gasteiger charge is 2.70. The van der Waals surface area contributed by atoms with Gasteiger partial charge in [-0.05, 0) is 30.5 Å². The van der Waals surface area contributed by atoms with Crippen molar-refractivity contribution in [2.24, 2.45) is 17.1 Å². The third-order valence-corrected chi connectivity index (χ3v) is 6.88. The minimum absolute atomic E-state index is 0.0629. The van der Waals surface area contributed by atoms with Crippen molar-refractivity contribution in [2.75, 3.05) is 0 Å². The zero-order chi connectivity index (χ0) is 20.1. The molecule has 0 bridgehead atoms. The van der Waals surface area contributed by atoms with E-state index >= 15 is 0 Å². The van der Waals surface area contributed by atoms with Gasteiger partial charge >= 0.3 is 0 Å². The lowest BCUT2D eigenvalue weighted by atomic mass is 9.74. The maximum atomic E-state index is 13.5. The Morgan fingerprint density at radius 3 is 2.32 bits per heavy atom. The molecule has 4 rings (SSSR count). The Labute approximate surface area is 171 Å². The first-order chi connectivity index (χ1) is 13.5. The van der Waals surface area contributed by atoms with E-state index in [-0.39, 0.29) is 23.2 Å². The molecule has 1 saturated heterocycles. The smallest absolute Gasteiger partial charge is 0.256 e. The lowest BCUT2D eigenvalue weighted by Crippen LogP contribution is -2.44. The Balaban J connectivity index is 1.87. The molecule has 2 aliphatic carbocycles. The third-order valence-electron chi connectivity index (χ3n) is 6.35. The number of nitrogens with zero attached hydrogens (tertiary/aromatic N) is 3. The van der Waals surface area contributed by atoms with Gasteiger partial charge in [-0.1, -0.05) is 47.3 Å². The number of rotatable bonds is 2. The molecule has 2 N–H and O–H groups in total. The summed E-state index contributed by atoms with van der Waals surface area (Å²) in [6.45, 7) is 0. The maximum Gasteiger partial charge on any atom is 0.256 e. The van der Waals surface area contributed by atoms with Crippen LogP contribution in [0.1, 0.15) is 43.6 Å². The number of likely N-dealkylation sites (tertiary alicyclic amines) is 1. The van der Waals surface area contributed by atoms with Gasteiger partial charge in [0.15, 0.2) is 5.41 Å². The highest BCUT2D eigenvalue weighted by atomic mass is 79.9. The average molecular weight is 439 g/mol. The molecular weight excluding hydrogens is 420 g/mol. The summed E-state index contributed by atoms with van der Waals surface area (Å²) < 4.78 is 0.855. The second-order valence-electron chi connectivity index (χ2n) is 7.67. The first kappa shape index (κ1) is 18.7. The van der Waals surface area contributed by atoms with Crippen LogP contribution in [0.4, 0.5) is 0 Å². The Morgan fingerprint density at radius 1 is 1.11 bits per heavy atom. The van der Waals surface area contributed by atoms with Crippen molar-refractivity contribution in [2.45, 2.75) is 44.1 Å². The number of imide groups is 1. The van der Waals surface area contributed by atoms with Gasteiger partial charge in [0.05, 0.1) is 29.3 Å². The van der Waals surface area contributed by atoms with Gasteiger partial charge in [0.25, 0.3) is 5.91 Å². The monoisotopic (exact) mass is 438 g/mol. The van der Waals surface area contributed by atoms with Crippen molar-refractivity contribution < 1.29 is 9.59 Å². The molecule has 1 aromatic carbocycles. The molecule has 2 fully saturated rings. The van der Waals surface area contributed by atoms with Crippen molar-refractivity contribution >= 4 is 27.7 Å². The van der Waals surface area contributed by atoms with Crippen LogP contribution in [-0.4, -0.2) is 22.8 Å². The van der Waals surface area contributed by atoms with Gasteiger partial charge < -0.3 is 5.73 Å². The van der Waals surface area contributed by atoms with Crippen LogP contribution in [0.2, 0.25) is 0 Å². The zero-order valence-corrected chi connectivity index (χ0v) is 16.8. The molecule has 28 heavy (non-hydrogen) atoms. The van der Waals surface area contributed by atoms with Gasteiger partial charge in [-0.2, -0.15) is 10.5 Å². The predicted octanol–water partition coefficient (Wildman–Crippen LogP) is 3.11. The topological polar surface area (TPSA) is 111 Å². The number of nitriles is 2. The van der Waals surface area contributed by atoms with Crippen LogP contribution in [-0.2, 0) is 9.59 Å². The van der Waals surface area contributed by atoms with Gasteiger partial charge in [-0.3, -0.25) is 14.5 Å². The van der Waals surface area contributed by atoms with E-state index in [9.17, 15) is 20.1 Å². The van der Waals surface area contributed by atoms with Crippen molar-refractivity contribution in [3.8, 4) is 12.1 Å². The predicted molar refractivity (Wildman–Crippen MR) is 104 cm³/mol. The van der Waals surface area contributed by atoms with Crippen LogP contribution in [0, 0.1) is 34.0 Å². The number of amides is 2. The second-order valence-corrected chi connectivity index (χ2v) is 8.59. The standard InChI is InChI=1S/C21H19BrN4O2/c22-13-8-6-12(7-9-13)16-15(10-23)18(25)21(11-24)17(16)19(27)26(20(21)28)14-4-2-1-3-5-14/h6-9,14,16-17H,1-5,25H2/t16-,17?,21?/m1/s1. The minimum atomic E-state index is -1.78. The highest BCUT2D eigenvalue weighted by molar-refractivity contribution is 9.10. The Hall–Kier alpha value is -2.64. The minimum Gasteiger partial charge on any atom is -0.399 e. The summed E-state index contributed by atoms with van der Waals surface area (Å²) in [7, 11) is 0. The van der Waals surface area contributed by atoms with Gasteiger partial charge in [-0.25, -0.2) is 0 Å². The molecule has 6 nitrogen and oxygen atoms in total. The fourth-order valence-corrected chi connectivity index (χ4v) is 5.27. The molecule has 3 atom stereocenters. The van der Waals surface area contributed by atoms with Crippen LogP contribution in [0.3, 0.4) is 0 Å². The van der Waals surface area contributed by atoms with E-state index in [1.54, 1.807) is 12.1 Å². The van der Waals surface area contributed by atoms with Crippen molar-refractivity contribution in [1.82, 2.24) is 4.90 Å². The van der Waals surface area contributed by atoms with Crippen molar-refractivity contribution in [3.63, 3.8) is 0 Å². The molecule has 7 heteroatoms. The molecule has 2 amide bonds. The van der Waals surface area contributed by atoms with E-state index in [2.05, 4.69) is 28.1 Å². The summed E-state index contributed by atoms with van der Waals surface area (Å²) in [6.07, 6.45) is 4.50. The number of hydrogen-bond acceptors (Lipinski definition) is 5. The average Bonchev–Trinajstić information content (AvgIpc) is 3.10. The molecule has 1 heterocycles. The summed E-state index contributed by atoms with van der Waals surface area (Å²) in [5.41, 5.74) is 5.26. The molecule has 1 saturated carbocycles. The molecule has 0 radical (unpaired) electrons. The van der Waals surface area contributed by atoms with E-state index in [0.29, 0.717) is 5.56 Å². The maximum absolute atomic E-state index is 13.5. The fraction of sp³-hybridized carbons (Fsp3) is 0.429. The largest absolute Gasteiger partial charge is 0.399 e. The number of nitrogens with two attached hydrogens (primary N) is 1. The molecule has 1 aliphatic heterocycles. The number of fused-ring (bicyclic) bond motifs is 1. The molecule has 3 aliphatic rings. The van der Waals surface area contributed by atoms with E-state index in [1.165, 1.54) is 4.90 Å². The summed E-state index contributed by atoms with van der Waals surface area (Å²) in [5.74, 6) is -2.60. The Kier molecular flexibility index (Phi) is 4.51. The molecule has 1 aromatic rings. The van der Waals surface area contributed by atoms with Crippen molar-refractivity contribution in [1.29, 1.82) is 10.5 Å². The number of allylic oxidation sites excluding steroid dienone is 1. The molecular formula is C21H19BrN4O2. The first-order valence-electron chi connectivity index (χ1n) is 9.41. The van der Waals surface area contributed by atoms with Crippen LogP contribution < -0.4 is 5.73 Å². The Morgan fingerprint density at radius 2 is 1.75 bits per heavy atom. The summed E-state index contributed by atoms with van der Waals surface area (Å²) in [6, 6.07) is 11.2. The van der Waals surface area contributed by atoms with E-state index in [4.69, 9.17) is 5.73 Å². The lowest BCUT2D eigenvalue weighted by molar-refractivity contribution is -0.143. The van der Waals surface area contributed by atoms with E-state index < -0.39 is 23.2 Å². The molecule has 0 spiro atoms. The van der Waals surface area contributed by atoms with Crippen LogP contribution in [0.5, 0.6) is 0 Å². The van der Waals surface area contributed by atoms with E-state index in [0.717, 1.165) is 36.6 Å². The second kappa shape index (κ2) is 6.76. The van der Waals surface area contributed by atoms with Gasteiger partial charge in [0.1, 0.15) is 0 Å².